The molecule has 1 N–H and O–H groups in total. The zero-order valence-corrected chi connectivity index (χ0v) is 7.45. The summed E-state index contributed by atoms with van der Waals surface area (Å²) in [5.74, 6) is -2.44. The lowest BCUT2D eigenvalue weighted by atomic mass is 10.3. The summed E-state index contributed by atoms with van der Waals surface area (Å²) in [5.41, 5.74) is 0. The number of halogens is 2. The van der Waals surface area contributed by atoms with E-state index < -0.39 is 5.92 Å². The third kappa shape index (κ3) is 3.03. The minimum atomic E-state index is -2.44. The van der Waals surface area contributed by atoms with E-state index in [9.17, 15) is 8.78 Å². The van der Waals surface area contributed by atoms with Gasteiger partial charge in [0.2, 0.25) is 0 Å². The van der Waals surface area contributed by atoms with E-state index in [0.29, 0.717) is 6.54 Å². The van der Waals surface area contributed by atoms with Crippen LogP contribution in [-0.4, -0.2) is 43.5 Å². The van der Waals surface area contributed by atoms with E-state index in [-0.39, 0.29) is 13.0 Å². The minimum absolute atomic E-state index is 0.0269. The third-order valence-electron chi connectivity index (χ3n) is 2.10. The molecule has 0 aliphatic carbocycles. The average Bonchev–Trinajstić information content (AvgIpc) is 2.31. The second kappa shape index (κ2) is 4.14. The largest absolute Gasteiger partial charge is 0.316 e. The van der Waals surface area contributed by atoms with Crippen LogP contribution in [0.1, 0.15) is 13.3 Å². The molecule has 0 amide bonds. The van der Waals surface area contributed by atoms with Gasteiger partial charge in [0.1, 0.15) is 0 Å². The van der Waals surface area contributed by atoms with Crippen LogP contribution in [0, 0.1) is 0 Å². The van der Waals surface area contributed by atoms with Gasteiger partial charge in [0.25, 0.3) is 5.92 Å². The normalized spacial score (nSPS) is 23.2. The van der Waals surface area contributed by atoms with Crippen LogP contribution in [0.2, 0.25) is 0 Å². The molecule has 0 bridgehead atoms. The number of nitrogens with zero attached hydrogens (tertiary/aromatic N) is 1. The molecule has 12 heavy (non-hydrogen) atoms. The molecule has 1 saturated heterocycles. The Hall–Kier alpha value is -0.220. The van der Waals surface area contributed by atoms with E-state index in [2.05, 4.69) is 5.32 Å². The van der Waals surface area contributed by atoms with Crippen molar-refractivity contribution in [1.82, 2.24) is 10.2 Å². The highest BCUT2D eigenvalue weighted by molar-refractivity contribution is 4.81. The van der Waals surface area contributed by atoms with E-state index in [4.69, 9.17) is 0 Å². The Kier molecular flexibility index (Phi) is 3.40. The summed E-state index contributed by atoms with van der Waals surface area (Å²) in [7, 11) is 0. The number of likely N-dealkylation sites (tertiary alicyclic amines) is 1. The molecule has 0 saturated carbocycles. The van der Waals surface area contributed by atoms with Gasteiger partial charge in [-0.25, -0.2) is 8.78 Å². The number of rotatable bonds is 4. The van der Waals surface area contributed by atoms with Crippen molar-refractivity contribution in [2.24, 2.45) is 0 Å². The predicted molar refractivity (Wildman–Crippen MR) is 44.5 cm³/mol. The number of likely N-dealkylation sites (N-methyl/N-ethyl adjacent to an activating group) is 1. The molecule has 0 unspecified atom stereocenters. The van der Waals surface area contributed by atoms with Gasteiger partial charge in [-0.1, -0.05) is 6.92 Å². The standard InChI is InChI=1S/C8H16F2N2/c1-2-11-4-6-12-5-3-8(9,10)7-12/h11H,2-7H2,1H3. The van der Waals surface area contributed by atoms with E-state index in [1.165, 1.54) is 0 Å². The summed E-state index contributed by atoms with van der Waals surface area (Å²) >= 11 is 0. The van der Waals surface area contributed by atoms with Crippen molar-refractivity contribution < 1.29 is 8.78 Å². The molecule has 0 radical (unpaired) electrons. The predicted octanol–water partition coefficient (Wildman–Crippen LogP) is 0.937. The van der Waals surface area contributed by atoms with Crippen molar-refractivity contribution in [3.05, 3.63) is 0 Å². The Morgan fingerprint density at radius 2 is 2.25 bits per heavy atom. The Morgan fingerprint density at radius 1 is 1.50 bits per heavy atom. The Bertz CT molecular complexity index is 139. The van der Waals surface area contributed by atoms with Crippen molar-refractivity contribution >= 4 is 0 Å². The lowest BCUT2D eigenvalue weighted by Gasteiger charge is -2.14. The third-order valence-corrected chi connectivity index (χ3v) is 2.10. The second-order valence-corrected chi connectivity index (χ2v) is 3.24. The van der Waals surface area contributed by atoms with Crippen LogP contribution in [0.5, 0.6) is 0 Å². The van der Waals surface area contributed by atoms with Crippen LogP contribution < -0.4 is 5.32 Å². The first-order valence-electron chi connectivity index (χ1n) is 4.45. The molecule has 2 nitrogen and oxygen atoms in total. The molecule has 1 heterocycles. The number of alkyl halides is 2. The van der Waals surface area contributed by atoms with Crippen LogP contribution in [-0.2, 0) is 0 Å². The highest BCUT2D eigenvalue weighted by Crippen LogP contribution is 2.25. The zero-order chi connectivity index (χ0) is 9.03. The topological polar surface area (TPSA) is 15.3 Å². The molecule has 72 valence electrons. The van der Waals surface area contributed by atoms with E-state index in [1.807, 2.05) is 11.8 Å². The second-order valence-electron chi connectivity index (χ2n) is 3.24. The number of hydrogen-bond acceptors (Lipinski definition) is 2. The highest BCUT2D eigenvalue weighted by Gasteiger charge is 2.37. The highest BCUT2D eigenvalue weighted by atomic mass is 19.3. The fraction of sp³-hybridized carbons (Fsp3) is 1.00. The van der Waals surface area contributed by atoms with E-state index in [0.717, 1.165) is 19.6 Å². The number of hydrogen-bond donors (Lipinski definition) is 1. The van der Waals surface area contributed by atoms with Gasteiger partial charge < -0.3 is 5.32 Å². The van der Waals surface area contributed by atoms with Gasteiger partial charge in [-0.2, -0.15) is 0 Å². The SMILES string of the molecule is CCNCCN1CCC(F)(F)C1. The quantitative estimate of drug-likeness (QED) is 0.644. The van der Waals surface area contributed by atoms with Crippen LogP contribution in [0.4, 0.5) is 8.78 Å². The van der Waals surface area contributed by atoms with Crippen LogP contribution in [0.25, 0.3) is 0 Å². The smallest absolute Gasteiger partial charge is 0.261 e. The van der Waals surface area contributed by atoms with Gasteiger partial charge >= 0.3 is 0 Å². The first kappa shape index (κ1) is 9.86. The summed E-state index contributed by atoms with van der Waals surface area (Å²) in [6, 6.07) is 0. The Morgan fingerprint density at radius 3 is 2.75 bits per heavy atom. The van der Waals surface area contributed by atoms with E-state index in [1.54, 1.807) is 0 Å². The first-order chi connectivity index (χ1) is 5.64. The maximum Gasteiger partial charge on any atom is 0.261 e. The van der Waals surface area contributed by atoms with Gasteiger partial charge in [0, 0.05) is 26.1 Å². The van der Waals surface area contributed by atoms with Crippen LogP contribution in [0.3, 0.4) is 0 Å². The summed E-state index contributed by atoms with van der Waals surface area (Å²) in [5, 5.41) is 3.12. The van der Waals surface area contributed by atoms with Crippen molar-refractivity contribution in [2.75, 3.05) is 32.7 Å². The molecule has 0 atom stereocenters. The molecule has 0 aromatic heterocycles. The molecule has 1 fully saturated rings. The van der Waals surface area contributed by atoms with Crippen LogP contribution in [0.15, 0.2) is 0 Å². The minimum Gasteiger partial charge on any atom is -0.316 e. The molecular formula is C8H16F2N2. The van der Waals surface area contributed by atoms with Gasteiger partial charge in [-0.15, -0.1) is 0 Å². The fourth-order valence-electron chi connectivity index (χ4n) is 1.41. The maximum atomic E-state index is 12.6. The molecular weight excluding hydrogens is 162 g/mol. The molecule has 4 heteroatoms. The monoisotopic (exact) mass is 178 g/mol. The summed E-state index contributed by atoms with van der Waals surface area (Å²) in [4.78, 5) is 1.81. The maximum absolute atomic E-state index is 12.6. The lowest BCUT2D eigenvalue weighted by molar-refractivity contribution is 0.0124. The van der Waals surface area contributed by atoms with Crippen molar-refractivity contribution in [3.63, 3.8) is 0 Å². The van der Waals surface area contributed by atoms with Crippen LogP contribution >= 0.6 is 0 Å². The van der Waals surface area contributed by atoms with Crippen molar-refractivity contribution in [2.45, 2.75) is 19.3 Å². The molecule has 0 spiro atoms. The Balaban J connectivity index is 2.11. The first-order valence-corrected chi connectivity index (χ1v) is 4.45. The zero-order valence-electron chi connectivity index (χ0n) is 7.45. The number of nitrogens with one attached hydrogen (secondary N) is 1. The van der Waals surface area contributed by atoms with Crippen molar-refractivity contribution in [3.8, 4) is 0 Å². The van der Waals surface area contributed by atoms with E-state index >= 15 is 0 Å². The fourth-order valence-corrected chi connectivity index (χ4v) is 1.41. The van der Waals surface area contributed by atoms with Gasteiger partial charge in [-0.3, -0.25) is 4.90 Å². The van der Waals surface area contributed by atoms with Gasteiger partial charge in [0.05, 0.1) is 6.54 Å². The Labute approximate surface area is 71.9 Å². The summed E-state index contributed by atoms with van der Waals surface area (Å²) in [6.45, 7) is 4.95. The summed E-state index contributed by atoms with van der Waals surface area (Å²) < 4.78 is 25.3. The molecule has 0 aromatic carbocycles. The molecule has 0 aromatic rings. The molecule has 1 aliphatic heterocycles. The average molecular weight is 178 g/mol. The molecule has 1 aliphatic rings. The lowest BCUT2D eigenvalue weighted by Crippen LogP contribution is -2.32. The summed E-state index contributed by atoms with van der Waals surface area (Å²) in [6.07, 6.45) is 0.0269. The van der Waals surface area contributed by atoms with Gasteiger partial charge in [-0.05, 0) is 6.54 Å². The van der Waals surface area contributed by atoms with Gasteiger partial charge in [0.15, 0.2) is 0 Å². The van der Waals surface area contributed by atoms with Crippen molar-refractivity contribution in [1.29, 1.82) is 0 Å². The molecule has 1 rings (SSSR count).